The van der Waals surface area contributed by atoms with Gasteiger partial charge in [0.2, 0.25) is 0 Å². The van der Waals surface area contributed by atoms with Crippen LogP contribution in [-0.2, 0) is 10.5 Å². The van der Waals surface area contributed by atoms with Gasteiger partial charge >= 0.3 is 0 Å². The Balaban J connectivity index is 1.45. The molecule has 4 rings (SSSR count). The first-order valence-electron chi connectivity index (χ1n) is 10.7. The highest BCUT2D eigenvalue weighted by Crippen LogP contribution is 2.35. The van der Waals surface area contributed by atoms with Crippen LogP contribution in [0.1, 0.15) is 51.3 Å². The molecule has 164 valence electrons. The van der Waals surface area contributed by atoms with Crippen molar-refractivity contribution < 1.29 is 19.0 Å². The second kappa shape index (κ2) is 9.24. The number of halogens is 1. The number of aromatic amines is 1. The lowest BCUT2D eigenvalue weighted by Gasteiger charge is -2.32. The number of hydrogen-bond acceptors (Lipinski definition) is 6. The van der Waals surface area contributed by atoms with Gasteiger partial charge in [0.25, 0.3) is 5.56 Å². The van der Waals surface area contributed by atoms with E-state index >= 15 is 0 Å². The zero-order valence-corrected chi connectivity index (χ0v) is 18.1. The van der Waals surface area contributed by atoms with Gasteiger partial charge < -0.3 is 19.6 Å². The largest absolute Gasteiger partial charge is 0.493 e. The summed E-state index contributed by atoms with van der Waals surface area (Å²) < 4.78 is 25.7. The van der Waals surface area contributed by atoms with Gasteiger partial charge in [0.15, 0.2) is 0 Å². The number of hydrogen-bond donors (Lipinski definition) is 2. The first-order chi connectivity index (χ1) is 14.4. The number of nitrogens with one attached hydrogen (secondary N) is 1. The van der Waals surface area contributed by atoms with Crippen LogP contribution in [0, 0.1) is 11.7 Å². The Morgan fingerprint density at radius 2 is 2.03 bits per heavy atom. The molecule has 30 heavy (non-hydrogen) atoms. The van der Waals surface area contributed by atoms with E-state index in [1.165, 1.54) is 6.07 Å². The summed E-state index contributed by atoms with van der Waals surface area (Å²) in [6, 6.07) is 2.92. The summed E-state index contributed by atoms with van der Waals surface area (Å²) in [4.78, 5) is 19.7. The number of fused-ring (bicyclic) bond motifs is 1. The van der Waals surface area contributed by atoms with Crippen LogP contribution in [0.4, 0.5) is 4.39 Å². The fourth-order valence-corrected chi connectivity index (χ4v) is 5.20. The minimum absolute atomic E-state index is 0.0316. The van der Waals surface area contributed by atoms with E-state index in [1.807, 2.05) is 6.92 Å². The van der Waals surface area contributed by atoms with Gasteiger partial charge in [-0.3, -0.25) is 4.79 Å². The Morgan fingerprint density at radius 1 is 1.30 bits per heavy atom. The van der Waals surface area contributed by atoms with E-state index in [1.54, 1.807) is 17.8 Å². The molecule has 2 aliphatic rings. The second-order valence-electron chi connectivity index (χ2n) is 8.69. The molecular weight excluding hydrogens is 407 g/mol. The first kappa shape index (κ1) is 21.6. The minimum Gasteiger partial charge on any atom is -0.493 e. The van der Waals surface area contributed by atoms with Crippen LogP contribution >= 0.6 is 11.8 Å². The molecule has 0 radical (unpaired) electrons. The predicted molar refractivity (Wildman–Crippen MR) is 116 cm³/mol. The van der Waals surface area contributed by atoms with Gasteiger partial charge in [-0.2, -0.15) is 11.8 Å². The van der Waals surface area contributed by atoms with Crippen LogP contribution in [0.5, 0.6) is 5.75 Å². The average molecular weight is 437 g/mol. The summed E-state index contributed by atoms with van der Waals surface area (Å²) in [7, 11) is 0. The van der Waals surface area contributed by atoms with Crippen LogP contribution < -0.4 is 10.3 Å². The standard InChI is InChI=1S/C22H29FN2O4S/c1-22(27)6-2-16(3-7-22)30-13-19-24-18-11-15(10-17(23)20(18)21(26)25-19)29-12-14-4-8-28-9-5-14/h10-11,14,16,27H,2-9,12-13H2,1H3,(H,24,25,26). The molecular formula is C22H29FN2O4S. The van der Waals surface area contributed by atoms with Gasteiger partial charge in [0.1, 0.15) is 22.8 Å². The van der Waals surface area contributed by atoms with Crippen molar-refractivity contribution in [2.24, 2.45) is 5.92 Å². The van der Waals surface area contributed by atoms with Crippen molar-refractivity contribution in [1.82, 2.24) is 9.97 Å². The van der Waals surface area contributed by atoms with E-state index in [-0.39, 0.29) is 5.39 Å². The Kier molecular flexibility index (Phi) is 6.65. The van der Waals surface area contributed by atoms with Gasteiger partial charge in [0, 0.05) is 30.6 Å². The van der Waals surface area contributed by atoms with Gasteiger partial charge in [-0.15, -0.1) is 0 Å². The molecule has 0 amide bonds. The number of aromatic nitrogens is 2. The number of aliphatic hydroxyl groups is 1. The lowest BCUT2D eigenvalue weighted by molar-refractivity contribution is 0.0240. The third kappa shape index (κ3) is 5.34. The summed E-state index contributed by atoms with van der Waals surface area (Å²) in [5.74, 6) is 1.27. The minimum atomic E-state index is -0.614. The summed E-state index contributed by atoms with van der Waals surface area (Å²) in [6.45, 7) is 3.85. The highest BCUT2D eigenvalue weighted by molar-refractivity contribution is 7.99. The average Bonchev–Trinajstić information content (AvgIpc) is 2.72. The molecule has 1 saturated carbocycles. The summed E-state index contributed by atoms with van der Waals surface area (Å²) in [6.07, 6.45) is 5.32. The van der Waals surface area contributed by atoms with Gasteiger partial charge in [0.05, 0.1) is 23.5 Å². The summed E-state index contributed by atoms with van der Waals surface area (Å²) in [5, 5.41) is 10.5. The SMILES string of the molecule is CC1(O)CCC(SCc2nc3cc(OCC4CCOCC4)cc(F)c3c(=O)[nH]2)CC1. The van der Waals surface area contributed by atoms with Crippen molar-refractivity contribution in [3.8, 4) is 5.75 Å². The van der Waals surface area contributed by atoms with Crippen LogP contribution in [-0.4, -0.2) is 45.7 Å². The van der Waals surface area contributed by atoms with E-state index in [0.717, 1.165) is 51.7 Å². The van der Waals surface area contributed by atoms with Crippen LogP contribution in [0.2, 0.25) is 0 Å². The highest BCUT2D eigenvalue weighted by atomic mass is 32.2. The topological polar surface area (TPSA) is 84.4 Å². The lowest BCUT2D eigenvalue weighted by atomic mass is 9.86. The monoisotopic (exact) mass is 436 g/mol. The van der Waals surface area contributed by atoms with Crippen LogP contribution in [0.15, 0.2) is 16.9 Å². The van der Waals surface area contributed by atoms with Gasteiger partial charge in [-0.1, -0.05) is 0 Å². The van der Waals surface area contributed by atoms with E-state index in [4.69, 9.17) is 9.47 Å². The number of ether oxygens (including phenoxy) is 2. The quantitative estimate of drug-likeness (QED) is 0.717. The van der Waals surface area contributed by atoms with Crippen molar-refractivity contribution in [1.29, 1.82) is 0 Å². The summed E-state index contributed by atoms with van der Waals surface area (Å²) in [5.41, 5.74) is -0.705. The van der Waals surface area contributed by atoms with Crippen molar-refractivity contribution in [2.45, 2.75) is 62.1 Å². The van der Waals surface area contributed by atoms with E-state index in [9.17, 15) is 14.3 Å². The Labute approximate surface area is 179 Å². The highest BCUT2D eigenvalue weighted by Gasteiger charge is 2.28. The van der Waals surface area contributed by atoms with E-state index in [0.29, 0.717) is 40.6 Å². The van der Waals surface area contributed by atoms with Crippen molar-refractivity contribution in [2.75, 3.05) is 19.8 Å². The molecule has 2 aromatic rings. The van der Waals surface area contributed by atoms with E-state index in [2.05, 4.69) is 9.97 Å². The molecule has 2 fully saturated rings. The Morgan fingerprint density at radius 3 is 2.77 bits per heavy atom. The molecule has 0 unspecified atom stereocenters. The molecule has 0 bridgehead atoms. The smallest absolute Gasteiger partial charge is 0.261 e. The van der Waals surface area contributed by atoms with Gasteiger partial charge in [-0.05, 0) is 51.4 Å². The van der Waals surface area contributed by atoms with Crippen LogP contribution in [0.25, 0.3) is 10.9 Å². The normalized spacial score (nSPS) is 25.5. The fourth-order valence-electron chi connectivity index (χ4n) is 4.10. The molecule has 0 spiro atoms. The fraction of sp³-hybridized carbons (Fsp3) is 0.636. The number of nitrogens with zero attached hydrogens (tertiary/aromatic N) is 1. The molecule has 1 aromatic carbocycles. The number of thioether (sulfide) groups is 1. The Bertz CT molecular complexity index is 933. The molecule has 1 saturated heterocycles. The zero-order valence-electron chi connectivity index (χ0n) is 17.3. The van der Waals surface area contributed by atoms with E-state index < -0.39 is 17.0 Å². The zero-order chi connectivity index (χ0) is 21.1. The molecule has 8 heteroatoms. The van der Waals surface area contributed by atoms with Crippen molar-refractivity contribution in [3.05, 3.63) is 34.1 Å². The maximum Gasteiger partial charge on any atom is 0.261 e. The summed E-state index contributed by atoms with van der Waals surface area (Å²) >= 11 is 1.73. The van der Waals surface area contributed by atoms with Crippen LogP contribution in [0.3, 0.4) is 0 Å². The number of H-pyrrole nitrogens is 1. The number of rotatable bonds is 6. The molecule has 1 aliphatic carbocycles. The predicted octanol–water partition coefficient (Wildman–Crippen LogP) is 3.79. The maximum atomic E-state index is 14.6. The third-order valence-corrected chi connectivity index (χ3v) is 7.46. The lowest BCUT2D eigenvalue weighted by Crippen LogP contribution is -2.31. The molecule has 1 aromatic heterocycles. The second-order valence-corrected chi connectivity index (χ2v) is 9.97. The van der Waals surface area contributed by atoms with Crippen molar-refractivity contribution >= 4 is 22.7 Å². The molecule has 2 heterocycles. The third-order valence-electron chi connectivity index (χ3n) is 6.08. The maximum absolute atomic E-state index is 14.6. The first-order valence-corrected chi connectivity index (χ1v) is 11.7. The Hall–Kier alpha value is -1.64. The number of benzene rings is 1. The molecule has 2 N–H and O–H groups in total. The van der Waals surface area contributed by atoms with Crippen molar-refractivity contribution in [3.63, 3.8) is 0 Å². The van der Waals surface area contributed by atoms with Gasteiger partial charge in [-0.25, -0.2) is 9.37 Å². The molecule has 1 aliphatic heterocycles. The molecule has 0 atom stereocenters. The molecule has 6 nitrogen and oxygen atoms in total.